The highest BCUT2D eigenvalue weighted by Crippen LogP contribution is 2.22. The molecule has 0 radical (unpaired) electrons. The van der Waals surface area contributed by atoms with Crippen LogP contribution in [-0.4, -0.2) is 31.0 Å². The van der Waals surface area contributed by atoms with Crippen LogP contribution in [0.4, 0.5) is 5.82 Å². The zero-order valence-corrected chi connectivity index (χ0v) is 10.3. The van der Waals surface area contributed by atoms with Gasteiger partial charge < -0.3 is 15.4 Å². The molecule has 3 N–H and O–H groups in total. The first-order valence-electron chi connectivity index (χ1n) is 5.94. The van der Waals surface area contributed by atoms with Gasteiger partial charge in [-0.2, -0.15) is 0 Å². The molecule has 1 atom stereocenters. The molecule has 0 bridgehead atoms. The highest BCUT2D eigenvalue weighted by atomic mass is 16.4. The number of carboxylic acid groups (broad SMARTS) is 1. The summed E-state index contributed by atoms with van der Waals surface area (Å²) in [5.74, 6) is -0.578. The van der Waals surface area contributed by atoms with Gasteiger partial charge in [-0.15, -0.1) is 0 Å². The van der Waals surface area contributed by atoms with Crippen molar-refractivity contribution >= 4 is 23.0 Å². The van der Waals surface area contributed by atoms with Crippen LogP contribution in [0.2, 0.25) is 0 Å². The SMILES string of the molecule is O=C(O)[C@@H](Nc1ncnc2nc[nH]c12)c1ccccc1. The van der Waals surface area contributed by atoms with Gasteiger partial charge in [0.25, 0.3) is 0 Å². The Bertz CT molecular complexity index is 741. The van der Waals surface area contributed by atoms with E-state index in [0.29, 0.717) is 22.5 Å². The summed E-state index contributed by atoms with van der Waals surface area (Å²) < 4.78 is 0. The maximum atomic E-state index is 11.4. The molecule has 0 saturated carbocycles. The molecule has 2 aromatic heterocycles. The third-order valence-electron chi connectivity index (χ3n) is 2.88. The fraction of sp³-hybridized carbons (Fsp3) is 0.0769. The van der Waals surface area contributed by atoms with Crippen molar-refractivity contribution < 1.29 is 9.90 Å². The average Bonchev–Trinajstić information content (AvgIpc) is 2.94. The Morgan fingerprint density at radius 3 is 2.75 bits per heavy atom. The molecule has 7 nitrogen and oxygen atoms in total. The second-order valence-corrected chi connectivity index (χ2v) is 4.15. The molecule has 2 heterocycles. The van der Waals surface area contributed by atoms with Gasteiger partial charge in [-0.1, -0.05) is 30.3 Å². The number of fused-ring (bicyclic) bond motifs is 1. The Hall–Kier alpha value is -2.96. The van der Waals surface area contributed by atoms with Crippen molar-refractivity contribution in [1.29, 1.82) is 0 Å². The molecule has 20 heavy (non-hydrogen) atoms. The summed E-state index contributed by atoms with van der Waals surface area (Å²) >= 11 is 0. The van der Waals surface area contributed by atoms with E-state index < -0.39 is 12.0 Å². The second-order valence-electron chi connectivity index (χ2n) is 4.15. The van der Waals surface area contributed by atoms with Crippen molar-refractivity contribution in [2.75, 3.05) is 5.32 Å². The van der Waals surface area contributed by atoms with E-state index in [9.17, 15) is 9.90 Å². The number of nitrogens with one attached hydrogen (secondary N) is 2. The van der Waals surface area contributed by atoms with E-state index in [2.05, 4.69) is 25.3 Å². The Kier molecular flexibility index (Phi) is 3.00. The van der Waals surface area contributed by atoms with Crippen LogP contribution in [0.25, 0.3) is 11.2 Å². The molecule has 0 fully saturated rings. The first-order chi connectivity index (χ1) is 9.75. The highest BCUT2D eigenvalue weighted by Gasteiger charge is 2.21. The van der Waals surface area contributed by atoms with E-state index in [4.69, 9.17) is 0 Å². The Balaban J connectivity index is 1.99. The monoisotopic (exact) mass is 269 g/mol. The quantitative estimate of drug-likeness (QED) is 0.664. The van der Waals surface area contributed by atoms with Gasteiger partial charge in [-0.25, -0.2) is 19.7 Å². The summed E-state index contributed by atoms with van der Waals surface area (Å²) in [6.45, 7) is 0. The molecule has 0 spiro atoms. The van der Waals surface area contributed by atoms with Gasteiger partial charge in [-0.05, 0) is 5.56 Å². The molecule has 3 rings (SSSR count). The first kappa shape index (κ1) is 12.1. The number of hydrogen-bond donors (Lipinski definition) is 3. The standard InChI is InChI=1S/C13H11N5O2/c19-13(20)9(8-4-2-1-3-5-8)18-12-10-11(15-6-14-10)16-7-17-12/h1-7,9H,(H,19,20)(H2,14,15,16,17,18)/t9-/m0/s1. The number of aliphatic carboxylic acids is 1. The van der Waals surface area contributed by atoms with Crippen LogP contribution in [0, 0.1) is 0 Å². The fourth-order valence-electron chi connectivity index (χ4n) is 1.94. The van der Waals surface area contributed by atoms with Crippen LogP contribution in [0.3, 0.4) is 0 Å². The number of benzene rings is 1. The van der Waals surface area contributed by atoms with E-state index in [0.717, 1.165) is 0 Å². The maximum absolute atomic E-state index is 11.4. The molecular formula is C13H11N5O2. The summed E-state index contributed by atoms with van der Waals surface area (Å²) in [5.41, 5.74) is 1.71. The van der Waals surface area contributed by atoms with Gasteiger partial charge in [0.2, 0.25) is 0 Å². The predicted octanol–water partition coefficient (Wildman–Crippen LogP) is 1.59. The molecule has 0 saturated heterocycles. The third kappa shape index (κ3) is 2.16. The average molecular weight is 269 g/mol. The van der Waals surface area contributed by atoms with Crippen LogP contribution in [0.1, 0.15) is 11.6 Å². The number of rotatable bonds is 4. The van der Waals surface area contributed by atoms with E-state index in [1.807, 2.05) is 6.07 Å². The molecule has 0 unspecified atom stereocenters. The highest BCUT2D eigenvalue weighted by molar-refractivity contribution is 5.86. The van der Waals surface area contributed by atoms with Gasteiger partial charge in [0.15, 0.2) is 17.5 Å². The molecule has 0 amide bonds. The summed E-state index contributed by atoms with van der Waals surface area (Å²) in [4.78, 5) is 26.4. The van der Waals surface area contributed by atoms with Crippen LogP contribution in [-0.2, 0) is 4.79 Å². The number of carbonyl (C=O) groups is 1. The number of hydrogen-bond acceptors (Lipinski definition) is 5. The van der Waals surface area contributed by atoms with Crippen LogP contribution < -0.4 is 5.32 Å². The van der Waals surface area contributed by atoms with Gasteiger partial charge in [0.1, 0.15) is 11.8 Å². The van der Waals surface area contributed by atoms with E-state index in [1.165, 1.54) is 12.7 Å². The number of imidazole rings is 1. The number of aromatic nitrogens is 4. The van der Waals surface area contributed by atoms with Crippen LogP contribution in [0.15, 0.2) is 43.0 Å². The van der Waals surface area contributed by atoms with Gasteiger partial charge in [-0.3, -0.25) is 0 Å². The predicted molar refractivity (Wildman–Crippen MR) is 72.1 cm³/mol. The summed E-state index contributed by atoms with van der Waals surface area (Å²) in [5, 5.41) is 12.3. The summed E-state index contributed by atoms with van der Waals surface area (Å²) in [7, 11) is 0. The Morgan fingerprint density at radius 2 is 2.00 bits per heavy atom. The smallest absolute Gasteiger partial charge is 0.330 e. The molecule has 0 aliphatic carbocycles. The molecule has 3 aromatic rings. The molecule has 1 aromatic carbocycles. The first-order valence-corrected chi connectivity index (χ1v) is 5.94. The Morgan fingerprint density at radius 1 is 1.20 bits per heavy atom. The lowest BCUT2D eigenvalue weighted by molar-refractivity contribution is -0.138. The number of H-pyrrole nitrogens is 1. The number of nitrogens with zero attached hydrogens (tertiary/aromatic N) is 3. The van der Waals surface area contributed by atoms with Gasteiger partial charge >= 0.3 is 5.97 Å². The normalized spacial score (nSPS) is 12.2. The summed E-state index contributed by atoms with van der Waals surface area (Å²) in [6, 6.07) is 8.02. The second kappa shape index (κ2) is 4.96. The topological polar surface area (TPSA) is 104 Å². The molecule has 0 aliphatic rings. The number of aromatic amines is 1. The van der Waals surface area contributed by atoms with Crippen LogP contribution in [0.5, 0.6) is 0 Å². The van der Waals surface area contributed by atoms with Crippen molar-refractivity contribution in [2.45, 2.75) is 6.04 Å². The zero-order valence-electron chi connectivity index (χ0n) is 10.3. The minimum atomic E-state index is -0.984. The third-order valence-corrected chi connectivity index (χ3v) is 2.88. The van der Waals surface area contributed by atoms with Gasteiger partial charge in [0.05, 0.1) is 6.33 Å². The molecular weight excluding hydrogens is 258 g/mol. The summed E-state index contributed by atoms with van der Waals surface area (Å²) in [6.07, 6.45) is 2.83. The lowest BCUT2D eigenvalue weighted by Crippen LogP contribution is -2.21. The largest absolute Gasteiger partial charge is 0.479 e. The minimum absolute atomic E-state index is 0.406. The fourth-order valence-corrected chi connectivity index (χ4v) is 1.94. The van der Waals surface area contributed by atoms with E-state index in [1.54, 1.807) is 24.3 Å². The van der Waals surface area contributed by atoms with Crippen molar-refractivity contribution in [1.82, 2.24) is 19.9 Å². The number of anilines is 1. The Labute approximate surface area is 113 Å². The minimum Gasteiger partial charge on any atom is -0.479 e. The molecule has 0 aliphatic heterocycles. The van der Waals surface area contributed by atoms with Gasteiger partial charge in [0, 0.05) is 0 Å². The molecule has 7 heteroatoms. The van der Waals surface area contributed by atoms with E-state index >= 15 is 0 Å². The van der Waals surface area contributed by atoms with Crippen molar-refractivity contribution in [2.24, 2.45) is 0 Å². The molecule has 100 valence electrons. The lowest BCUT2D eigenvalue weighted by Gasteiger charge is -2.15. The van der Waals surface area contributed by atoms with Crippen LogP contribution >= 0.6 is 0 Å². The van der Waals surface area contributed by atoms with Crippen molar-refractivity contribution in [3.8, 4) is 0 Å². The lowest BCUT2D eigenvalue weighted by atomic mass is 10.1. The van der Waals surface area contributed by atoms with Crippen molar-refractivity contribution in [3.05, 3.63) is 48.5 Å². The zero-order chi connectivity index (χ0) is 13.9. The number of carboxylic acids is 1. The van der Waals surface area contributed by atoms with E-state index in [-0.39, 0.29) is 0 Å². The maximum Gasteiger partial charge on any atom is 0.330 e. The van der Waals surface area contributed by atoms with Crippen molar-refractivity contribution in [3.63, 3.8) is 0 Å².